The molecule has 3 nitrogen and oxygen atoms in total. The molecular formula is C16H16F2N2O. The van der Waals surface area contributed by atoms with Crippen LogP contribution in [0.3, 0.4) is 0 Å². The summed E-state index contributed by atoms with van der Waals surface area (Å²) in [4.78, 5) is 11.9. The summed E-state index contributed by atoms with van der Waals surface area (Å²) in [5.74, 6) is -1.96. The number of carbonyl (C=O) groups is 1. The Bertz CT molecular complexity index is 597. The van der Waals surface area contributed by atoms with Crippen molar-refractivity contribution in [1.82, 2.24) is 0 Å². The fourth-order valence-corrected chi connectivity index (χ4v) is 1.96. The van der Waals surface area contributed by atoms with Gasteiger partial charge >= 0.3 is 0 Å². The van der Waals surface area contributed by atoms with Crippen LogP contribution in [0.2, 0.25) is 0 Å². The normalized spacial score (nSPS) is 12.0. The van der Waals surface area contributed by atoms with Gasteiger partial charge in [-0.1, -0.05) is 30.3 Å². The van der Waals surface area contributed by atoms with Gasteiger partial charge in [-0.25, -0.2) is 8.78 Å². The number of rotatable bonds is 5. The van der Waals surface area contributed by atoms with E-state index in [0.29, 0.717) is 12.8 Å². The molecule has 1 amide bonds. The molecule has 2 aromatic carbocycles. The lowest BCUT2D eigenvalue weighted by Gasteiger charge is -2.12. The third-order valence-electron chi connectivity index (χ3n) is 3.05. The van der Waals surface area contributed by atoms with Gasteiger partial charge in [-0.2, -0.15) is 0 Å². The summed E-state index contributed by atoms with van der Waals surface area (Å²) >= 11 is 0. The van der Waals surface area contributed by atoms with E-state index in [1.54, 1.807) is 0 Å². The molecule has 0 spiro atoms. The topological polar surface area (TPSA) is 55.1 Å². The van der Waals surface area contributed by atoms with Gasteiger partial charge in [-0.05, 0) is 30.5 Å². The minimum Gasteiger partial charge on any atom is -0.325 e. The minimum atomic E-state index is -0.747. The number of nitrogens with two attached hydrogens (primary N) is 1. The fraction of sp³-hybridized carbons (Fsp3) is 0.188. The van der Waals surface area contributed by atoms with Gasteiger partial charge in [0.25, 0.3) is 0 Å². The third kappa shape index (κ3) is 4.65. The van der Waals surface area contributed by atoms with Crippen LogP contribution in [-0.4, -0.2) is 11.9 Å². The molecular weight excluding hydrogens is 274 g/mol. The Morgan fingerprint density at radius 3 is 2.33 bits per heavy atom. The molecule has 0 saturated heterocycles. The van der Waals surface area contributed by atoms with Crippen LogP contribution in [0.1, 0.15) is 12.0 Å². The first-order chi connectivity index (χ1) is 10.0. The SMILES string of the molecule is N[C@@H](CCc1ccccc1)C(=O)Nc1cc(F)cc(F)c1. The van der Waals surface area contributed by atoms with Crippen molar-refractivity contribution in [2.45, 2.75) is 18.9 Å². The third-order valence-corrected chi connectivity index (χ3v) is 3.05. The molecule has 0 aliphatic heterocycles. The van der Waals surface area contributed by atoms with E-state index in [9.17, 15) is 13.6 Å². The molecule has 110 valence electrons. The standard InChI is InChI=1S/C16H16F2N2O/c17-12-8-13(18)10-14(9-12)20-16(21)15(19)7-6-11-4-2-1-3-5-11/h1-5,8-10,15H,6-7,19H2,(H,20,21)/t15-/m0/s1. The van der Waals surface area contributed by atoms with Crippen LogP contribution in [0, 0.1) is 11.6 Å². The summed E-state index contributed by atoms with van der Waals surface area (Å²) < 4.78 is 26.1. The number of anilines is 1. The lowest BCUT2D eigenvalue weighted by molar-refractivity contribution is -0.117. The van der Waals surface area contributed by atoms with Crippen molar-refractivity contribution in [3.8, 4) is 0 Å². The van der Waals surface area contributed by atoms with Crippen molar-refractivity contribution in [3.63, 3.8) is 0 Å². The highest BCUT2D eigenvalue weighted by Crippen LogP contribution is 2.13. The van der Waals surface area contributed by atoms with Crippen LogP contribution >= 0.6 is 0 Å². The molecule has 21 heavy (non-hydrogen) atoms. The quantitative estimate of drug-likeness (QED) is 0.889. The van der Waals surface area contributed by atoms with Gasteiger partial charge in [0, 0.05) is 11.8 Å². The lowest BCUT2D eigenvalue weighted by Crippen LogP contribution is -2.36. The first-order valence-corrected chi connectivity index (χ1v) is 6.61. The molecule has 3 N–H and O–H groups in total. The van der Waals surface area contributed by atoms with Crippen LogP contribution in [0.25, 0.3) is 0 Å². The number of aryl methyl sites for hydroxylation is 1. The summed E-state index contributed by atoms with van der Waals surface area (Å²) in [6, 6.07) is 11.7. The zero-order valence-corrected chi connectivity index (χ0v) is 11.4. The predicted octanol–water partition coefficient (Wildman–Crippen LogP) is 2.86. The average molecular weight is 290 g/mol. The van der Waals surface area contributed by atoms with Crippen molar-refractivity contribution in [2.24, 2.45) is 5.73 Å². The Labute approximate surface area is 121 Å². The van der Waals surface area contributed by atoms with Crippen molar-refractivity contribution in [3.05, 3.63) is 65.7 Å². The van der Waals surface area contributed by atoms with E-state index < -0.39 is 23.6 Å². The van der Waals surface area contributed by atoms with Crippen molar-refractivity contribution < 1.29 is 13.6 Å². The molecule has 0 radical (unpaired) electrons. The van der Waals surface area contributed by atoms with Gasteiger partial charge < -0.3 is 11.1 Å². The monoisotopic (exact) mass is 290 g/mol. The van der Waals surface area contributed by atoms with Gasteiger partial charge in [-0.15, -0.1) is 0 Å². The summed E-state index contributed by atoms with van der Waals surface area (Å²) in [5, 5.41) is 2.42. The largest absolute Gasteiger partial charge is 0.325 e. The maximum atomic E-state index is 13.0. The van der Waals surface area contributed by atoms with Gasteiger partial charge in [0.05, 0.1) is 6.04 Å². The maximum Gasteiger partial charge on any atom is 0.241 e. The van der Waals surface area contributed by atoms with E-state index >= 15 is 0 Å². The molecule has 0 aliphatic carbocycles. The van der Waals surface area contributed by atoms with E-state index in [0.717, 1.165) is 23.8 Å². The second-order valence-corrected chi connectivity index (χ2v) is 4.78. The number of halogens is 2. The Balaban J connectivity index is 1.90. The molecule has 0 fully saturated rings. The molecule has 2 aromatic rings. The highest BCUT2D eigenvalue weighted by molar-refractivity contribution is 5.94. The van der Waals surface area contributed by atoms with E-state index in [-0.39, 0.29) is 5.69 Å². The maximum absolute atomic E-state index is 13.0. The Hall–Kier alpha value is -2.27. The molecule has 0 aromatic heterocycles. The number of hydrogen-bond donors (Lipinski definition) is 2. The van der Waals surface area contributed by atoms with Gasteiger partial charge in [0.2, 0.25) is 5.91 Å². The van der Waals surface area contributed by atoms with Crippen molar-refractivity contribution in [2.75, 3.05) is 5.32 Å². The highest BCUT2D eigenvalue weighted by Gasteiger charge is 2.14. The number of hydrogen-bond acceptors (Lipinski definition) is 2. The van der Waals surface area contributed by atoms with Crippen molar-refractivity contribution >= 4 is 11.6 Å². The van der Waals surface area contributed by atoms with E-state index in [4.69, 9.17) is 5.73 Å². The van der Waals surface area contributed by atoms with Crippen LogP contribution in [0.5, 0.6) is 0 Å². The summed E-state index contributed by atoms with van der Waals surface area (Å²) in [6.07, 6.45) is 1.11. The molecule has 0 unspecified atom stereocenters. The molecule has 5 heteroatoms. The minimum absolute atomic E-state index is 0.0626. The smallest absolute Gasteiger partial charge is 0.241 e. The summed E-state index contributed by atoms with van der Waals surface area (Å²) in [5.41, 5.74) is 6.93. The Morgan fingerprint density at radius 1 is 1.10 bits per heavy atom. The molecule has 0 heterocycles. The summed E-state index contributed by atoms with van der Waals surface area (Å²) in [6.45, 7) is 0. The van der Waals surface area contributed by atoms with Crippen LogP contribution in [0.15, 0.2) is 48.5 Å². The van der Waals surface area contributed by atoms with Crippen LogP contribution < -0.4 is 11.1 Å². The van der Waals surface area contributed by atoms with E-state index in [2.05, 4.69) is 5.32 Å². The van der Waals surface area contributed by atoms with Gasteiger partial charge in [0.1, 0.15) is 11.6 Å². The Kier molecular flexibility index (Phi) is 5.00. The first kappa shape index (κ1) is 15.1. The molecule has 0 bridgehead atoms. The van der Waals surface area contributed by atoms with E-state index in [1.807, 2.05) is 30.3 Å². The van der Waals surface area contributed by atoms with Crippen LogP contribution in [-0.2, 0) is 11.2 Å². The molecule has 2 rings (SSSR count). The molecule has 0 aliphatic rings. The second kappa shape index (κ2) is 6.95. The number of nitrogens with one attached hydrogen (secondary N) is 1. The average Bonchev–Trinajstić information content (AvgIpc) is 2.44. The zero-order chi connectivity index (χ0) is 15.2. The lowest BCUT2D eigenvalue weighted by atomic mass is 10.1. The molecule has 1 atom stereocenters. The van der Waals surface area contributed by atoms with E-state index in [1.165, 1.54) is 0 Å². The number of benzene rings is 2. The first-order valence-electron chi connectivity index (χ1n) is 6.61. The highest BCUT2D eigenvalue weighted by atomic mass is 19.1. The van der Waals surface area contributed by atoms with Gasteiger partial charge in [-0.3, -0.25) is 4.79 Å². The van der Waals surface area contributed by atoms with Crippen LogP contribution in [0.4, 0.5) is 14.5 Å². The predicted molar refractivity (Wildman–Crippen MR) is 77.7 cm³/mol. The Morgan fingerprint density at radius 2 is 1.71 bits per heavy atom. The summed E-state index contributed by atoms with van der Waals surface area (Å²) in [7, 11) is 0. The second-order valence-electron chi connectivity index (χ2n) is 4.78. The van der Waals surface area contributed by atoms with Gasteiger partial charge in [0.15, 0.2) is 0 Å². The molecule has 0 saturated carbocycles. The number of amides is 1. The van der Waals surface area contributed by atoms with Crippen molar-refractivity contribution in [1.29, 1.82) is 0 Å². The number of carbonyl (C=O) groups excluding carboxylic acids is 1. The fourth-order valence-electron chi connectivity index (χ4n) is 1.96. The zero-order valence-electron chi connectivity index (χ0n) is 11.4.